The molecule has 13 heteroatoms. The molecule has 3 saturated carbocycles. The van der Waals surface area contributed by atoms with E-state index in [1.165, 1.54) is 12.1 Å². The number of alkyl halides is 3. The minimum absolute atomic E-state index is 0.0808. The highest BCUT2D eigenvalue weighted by atomic mass is 35.5. The van der Waals surface area contributed by atoms with Gasteiger partial charge in [-0.1, -0.05) is 16.7 Å². The molecule has 1 unspecified atom stereocenters. The van der Waals surface area contributed by atoms with Crippen LogP contribution in [0.2, 0.25) is 5.02 Å². The zero-order valence-electron chi connectivity index (χ0n) is 17.1. The molecule has 34 heavy (non-hydrogen) atoms. The van der Waals surface area contributed by atoms with E-state index in [9.17, 15) is 22.4 Å². The molecule has 0 radical (unpaired) electrons. The van der Waals surface area contributed by atoms with Crippen LogP contribution in [0.3, 0.4) is 0 Å². The Bertz CT molecular complexity index is 1260. The van der Waals surface area contributed by atoms with Gasteiger partial charge in [-0.3, -0.25) is 9.78 Å². The molecule has 0 spiro atoms. The molecule has 1 amide bonds. The summed E-state index contributed by atoms with van der Waals surface area (Å²) in [5.74, 6) is -1.25. The van der Waals surface area contributed by atoms with Gasteiger partial charge in [0.25, 0.3) is 5.91 Å². The van der Waals surface area contributed by atoms with Crippen LogP contribution in [0.25, 0.3) is 0 Å². The first-order chi connectivity index (χ1) is 16.0. The van der Waals surface area contributed by atoms with Crippen molar-refractivity contribution in [3.05, 3.63) is 59.0 Å². The lowest BCUT2D eigenvalue weighted by atomic mass is 9.33. The van der Waals surface area contributed by atoms with Crippen molar-refractivity contribution in [3.8, 4) is 17.6 Å². The fourth-order valence-corrected chi connectivity index (χ4v) is 4.86. The summed E-state index contributed by atoms with van der Waals surface area (Å²) in [7, 11) is 0. The standard InChI is InChI=1S/C21H15ClF4N4O4/c22-13-2-1-11(4-14(13)23)32-15(16(27)31)19-7-20(8-19,9-19)17-29-30-18(34-17)33-12-3-10(5-28-6-12)21(24,25)26/h1-6,15H,7-9H2,(H2,27,31). The van der Waals surface area contributed by atoms with Crippen LogP contribution in [0.5, 0.6) is 17.6 Å². The van der Waals surface area contributed by atoms with Crippen LogP contribution in [-0.4, -0.2) is 27.2 Å². The third kappa shape index (κ3) is 3.71. The first kappa shape index (κ1) is 22.4. The monoisotopic (exact) mass is 498 g/mol. The number of hydrogen-bond donors (Lipinski definition) is 1. The Kier molecular flexibility index (Phi) is 4.97. The minimum Gasteiger partial charge on any atom is -0.480 e. The Balaban J connectivity index is 1.27. The van der Waals surface area contributed by atoms with E-state index < -0.39 is 40.4 Å². The average molecular weight is 499 g/mol. The van der Waals surface area contributed by atoms with E-state index in [4.69, 9.17) is 31.2 Å². The first-order valence-corrected chi connectivity index (χ1v) is 10.3. The summed E-state index contributed by atoms with van der Waals surface area (Å²) in [6, 6.07) is 4.59. The largest absolute Gasteiger partial charge is 0.480 e. The van der Waals surface area contributed by atoms with Crippen molar-refractivity contribution in [1.29, 1.82) is 0 Å². The van der Waals surface area contributed by atoms with Gasteiger partial charge >= 0.3 is 12.3 Å². The smallest absolute Gasteiger partial charge is 0.420 e. The molecule has 178 valence electrons. The van der Waals surface area contributed by atoms with E-state index in [2.05, 4.69) is 15.2 Å². The number of hydrogen-bond acceptors (Lipinski definition) is 7. The van der Waals surface area contributed by atoms with E-state index in [0.717, 1.165) is 18.3 Å². The summed E-state index contributed by atoms with van der Waals surface area (Å²) in [5, 5.41) is 7.61. The lowest BCUT2D eigenvalue weighted by molar-refractivity contribution is -0.208. The number of benzene rings is 1. The summed E-state index contributed by atoms with van der Waals surface area (Å²) in [5.41, 5.74) is 3.46. The quantitative estimate of drug-likeness (QED) is 0.479. The SMILES string of the molecule is NC(=O)C(Oc1ccc(Cl)c(F)c1)C12CC(c3nnc(Oc4cncc(C(F)(F)F)c4)o3)(C1)C2. The molecule has 3 aromatic rings. The molecule has 8 nitrogen and oxygen atoms in total. The third-order valence-electron chi connectivity index (χ3n) is 6.14. The van der Waals surface area contributed by atoms with Crippen LogP contribution in [0, 0.1) is 11.2 Å². The molecule has 3 aliphatic carbocycles. The van der Waals surface area contributed by atoms with Crippen molar-refractivity contribution in [3.63, 3.8) is 0 Å². The lowest BCUT2D eigenvalue weighted by Crippen LogP contribution is -2.72. The predicted molar refractivity (Wildman–Crippen MR) is 107 cm³/mol. The predicted octanol–water partition coefficient (Wildman–Crippen LogP) is 4.42. The van der Waals surface area contributed by atoms with Crippen LogP contribution in [0.15, 0.2) is 41.1 Å². The summed E-state index contributed by atoms with van der Waals surface area (Å²) < 4.78 is 68.7. The fraction of sp³-hybridized carbons (Fsp3) is 0.333. The number of carbonyl (C=O) groups is 1. The maximum Gasteiger partial charge on any atom is 0.420 e. The number of nitrogens with two attached hydrogens (primary N) is 1. The molecule has 1 aromatic carbocycles. The molecule has 0 aliphatic heterocycles. The summed E-state index contributed by atoms with van der Waals surface area (Å²) in [4.78, 5) is 15.6. The van der Waals surface area contributed by atoms with Gasteiger partial charge in [-0.15, -0.1) is 5.10 Å². The molecule has 2 N–H and O–H groups in total. The molecule has 2 aromatic heterocycles. The van der Waals surface area contributed by atoms with Crippen molar-refractivity contribution >= 4 is 17.5 Å². The second-order valence-corrected chi connectivity index (χ2v) is 8.94. The molecule has 2 heterocycles. The van der Waals surface area contributed by atoms with Gasteiger partial charge in [0.1, 0.15) is 11.6 Å². The number of halogens is 5. The van der Waals surface area contributed by atoms with Gasteiger partial charge in [-0.05, 0) is 37.5 Å². The number of pyridine rings is 1. The van der Waals surface area contributed by atoms with Gasteiger partial charge in [-0.25, -0.2) is 4.39 Å². The highest BCUT2D eigenvalue weighted by Gasteiger charge is 2.75. The second kappa shape index (κ2) is 7.55. The normalized spacial score (nSPS) is 24.0. The molecule has 2 bridgehead atoms. The van der Waals surface area contributed by atoms with Crippen LogP contribution in [0.4, 0.5) is 17.6 Å². The zero-order valence-corrected chi connectivity index (χ0v) is 17.9. The molecule has 0 saturated heterocycles. The Labute approximate surface area is 194 Å². The van der Waals surface area contributed by atoms with Gasteiger partial charge in [0.05, 0.1) is 22.2 Å². The molecular weight excluding hydrogens is 484 g/mol. The van der Waals surface area contributed by atoms with E-state index in [1.54, 1.807) is 0 Å². The minimum atomic E-state index is -4.58. The van der Waals surface area contributed by atoms with Gasteiger partial charge in [0, 0.05) is 17.7 Å². The topological polar surface area (TPSA) is 113 Å². The van der Waals surface area contributed by atoms with Crippen LogP contribution >= 0.6 is 11.6 Å². The molecule has 3 aliphatic rings. The summed E-state index contributed by atoms with van der Waals surface area (Å²) in [6.07, 6.45) is -2.85. The second-order valence-electron chi connectivity index (χ2n) is 8.53. The summed E-state index contributed by atoms with van der Waals surface area (Å²) >= 11 is 5.67. The number of nitrogens with zero attached hydrogens (tertiary/aromatic N) is 3. The average Bonchev–Trinajstić information content (AvgIpc) is 3.15. The number of carbonyl (C=O) groups excluding carboxylic acids is 1. The zero-order chi connectivity index (χ0) is 24.3. The maximum atomic E-state index is 13.7. The maximum absolute atomic E-state index is 13.7. The Morgan fingerprint density at radius 1 is 1.15 bits per heavy atom. The van der Waals surface area contributed by atoms with Crippen molar-refractivity contribution in [2.24, 2.45) is 11.1 Å². The van der Waals surface area contributed by atoms with Crippen LogP contribution in [0.1, 0.15) is 30.7 Å². The van der Waals surface area contributed by atoms with E-state index in [-0.39, 0.29) is 28.5 Å². The third-order valence-corrected chi connectivity index (χ3v) is 6.44. The Morgan fingerprint density at radius 2 is 1.88 bits per heavy atom. The molecule has 3 fully saturated rings. The van der Waals surface area contributed by atoms with E-state index in [1.807, 2.05) is 0 Å². The molecular formula is C21H15ClF4N4O4. The van der Waals surface area contributed by atoms with Crippen molar-refractivity contribution in [2.75, 3.05) is 0 Å². The van der Waals surface area contributed by atoms with E-state index >= 15 is 0 Å². The molecule has 1 atom stereocenters. The fourth-order valence-electron chi connectivity index (χ4n) is 4.74. The number of primary amides is 1. The van der Waals surface area contributed by atoms with Gasteiger partial charge in [0.2, 0.25) is 5.89 Å². The Hall–Kier alpha value is -3.41. The number of rotatable bonds is 7. The van der Waals surface area contributed by atoms with Crippen molar-refractivity contribution in [1.82, 2.24) is 15.2 Å². The number of amides is 1. The Morgan fingerprint density at radius 3 is 2.53 bits per heavy atom. The first-order valence-electron chi connectivity index (χ1n) is 9.95. The highest BCUT2D eigenvalue weighted by Crippen LogP contribution is 2.75. The van der Waals surface area contributed by atoms with Crippen LogP contribution < -0.4 is 15.2 Å². The number of ether oxygens (including phenoxy) is 2. The van der Waals surface area contributed by atoms with Gasteiger partial charge in [-0.2, -0.15) is 13.2 Å². The van der Waals surface area contributed by atoms with Crippen molar-refractivity contribution in [2.45, 2.75) is 37.0 Å². The van der Waals surface area contributed by atoms with E-state index in [0.29, 0.717) is 25.5 Å². The summed E-state index contributed by atoms with van der Waals surface area (Å²) in [6.45, 7) is 0. The molecule has 6 rings (SSSR count). The number of aromatic nitrogens is 3. The van der Waals surface area contributed by atoms with Crippen LogP contribution in [-0.2, 0) is 16.4 Å². The van der Waals surface area contributed by atoms with Gasteiger partial charge in [0.15, 0.2) is 11.9 Å². The van der Waals surface area contributed by atoms with Crippen molar-refractivity contribution < 1.29 is 36.2 Å². The van der Waals surface area contributed by atoms with Gasteiger partial charge < -0.3 is 19.6 Å². The highest BCUT2D eigenvalue weighted by molar-refractivity contribution is 6.30. The lowest BCUT2D eigenvalue weighted by Gasteiger charge is -2.69.